The summed E-state index contributed by atoms with van der Waals surface area (Å²) in [5.41, 5.74) is 2.35. The third-order valence-electron chi connectivity index (χ3n) is 7.94. The summed E-state index contributed by atoms with van der Waals surface area (Å²) in [5, 5.41) is 13.7. The number of benzene rings is 1. The van der Waals surface area contributed by atoms with Crippen LogP contribution in [-0.4, -0.2) is 50.1 Å². The van der Waals surface area contributed by atoms with Crippen molar-refractivity contribution in [2.75, 3.05) is 29.5 Å². The smallest absolute Gasteiger partial charge is 0.224 e. The minimum Gasteiger partial charge on any atom is -0.368 e. The molecule has 2 aliphatic carbocycles. The molecule has 200 valence electrons. The van der Waals surface area contributed by atoms with Crippen LogP contribution in [0.15, 0.2) is 24.3 Å². The molecule has 0 unspecified atom stereocenters. The van der Waals surface area contributed by atoms with E-state index in [2.05, 4.69) is 61.3 Å². The van der Waals surface area contributed by atoms with Gasteiger partial charge in [-0.05, 0) is 37.8 Å². The highest BCUT2D eigenvalue weighted by Crippen LogP contribution is 2.47. The number of thiazole rings is 1. The Hall–Kier alpha value is -2.12. The van der Waals surface area contributed by atoms with Crippen LogP contribution in [0.25, 0.3) is 11.3 Å². The molecule has 1 saturated heterocycles. The van der Waals surface area contributed by atoms with E-state index in [0.717, 1.165) is 60.5 Å². The molecule has 0 bridgehead atoms. The number of rotatable bonds is 5. The van der Waals surface area contributed by atoms with E-state index in [4.69, 9.17) is 4.98 Å². The summed E-state index contributed by atoms with van der Waals surface area (Å²) in [5.74, 6) is 0.806. The zero-order valence-corrected chi connectivity index (χ0v) is 23.6. The third kappa shape index (κ3) is 5.68. The van der Waals surface area contributed by atoms with E-state index in [1.54, 1.807) is 11.3 Å². The van der Waals surface area contributed by atoms with Crippen molar-refractivity contribution in [1.29, 1.82) is 5.26 Å². The van der Waals surface area contributed by atoms with Crippen LogP contribution >= 0.6 is 21.9 Å². The first-order valence-electron chi connectivity index (χ1n) is 13.3. The molecule has 1 aliphatic heterocycles. The van der Waals surface area contributed by atoms with Crippen LogP contribution in [0.3, 0.4) is 0 Å². The number of hydrogen-bond acceptors (Lipinski definition) is 7. The second-order valence-electron chi connectivity index (χ2n) is 11.9. The lowest BCUT2D eigenvalue weighted by molar-refractivity contribution is -0.127. The number of nitrogens with zero attached hydrogens (tertiary/aromatic N) is 3. The van der Waals surface area contributed by atoms with Gasteiger partial charge in [-0.1, -0.05) is 45.7 Å². The highest BCUT2D eigenvalue weighted by atomic mass is 32.3. The Labute approximate surface area is 225 Å². The Bertz CT molecular complexity index is 1180. The Morgan fingerprint density at radius 2 is 1.81 bits per heavy atom. The Morgan fingerprint density at radius 3 is 2.41 bits per heavy atom. The topological polar surface area (TPSA) is 109 Å². The van der Waals surface area contributed by atoms with E-state index in [0.29, 0.717) is 24.6 Å². The number of nitrogens with one attached hydrogen (secondary N) is 1. The van der Waals surface area contributed by atoms with Gasteiger partial charge in [-0.3, -0.25) is 13.9 Å². The summed E-state index contributed by atoms with van der Waals surface area (Å²) in [6, 6.07) is 10.7. The SMILES string of the molecule is CC(C)(C)c1nc(-c2ccc(N3CCS(O)(O)CC3)cc2)c([C@@H]2CCCC[C@H]2C(=O)NC2(C#N)CC2)s1. The van der Waals surface area contributed by atoms with E-state index in [9.17, 15) is 19.2 Å². The average Bonchev–Trinajstić information content (AvgIpc) is 3.49. The molecule has 2 heterocycles. The van der Waals surface area contributed by atoms with Crippen molar-refractivity contribution in [3.8, 4) is 17.3 Å². The summed E-state index contributed by atoms with van der Waals surface area (Å²) < 4.78 is 19.9. The molecule has 9 heteroatoms. The monoisotopic (exact) mass is 542 g/mol. The van der Waals surface area contributed by atoms with Crippen molar-refractivity contribution in [3.63, 3.8) is 0 Å². The standard InChI is InChI=1S/C28H38N4O3S2/c1-27(2,3)26-30-23(19-8-10-20(11-9-19)32-14-16-37(34,35)17-15-32)24(36-26)21-6-4-5-7-22(21)25(33)31-28(18-29)12-13-28/h8-11,21-22,34-35H,4-7,12-17H2,1-3H3,(H,31,33)/t21-,22-/m1/s1. The van der Waals surface area contributed by atoms with Crippen molar-refractivity contribution in [3.05, 3.63) is 34.2 Å². The number of amides is 1. The van der Waals surface area contributed by atoms with Crippen molar-refractivity contribution in [1.82, 2.24) is 10.3 Å². The lowest BCUT2D eigenvalue weighted by atomic mass is 9.77. The molecular formula is C28H38N4O3S2. The first kappa shape index (κ1) is 26.5. The van der Waals surface area contributed by atoms with Gasteiger partial charge in [0.05, 0.1) is 28.3 Å². The Kier molecular flexibility index (Phi) is 7.07. The van der Waals surface area contributed by atoms with Crippen LogP contribution in [0.1, 0.15) is 75.1 Å². The van der Waals surface area contributed by atoms with Crippen LogP contribution in [0.5, 0.6) is 0 Å². The van der Waals surface area contributed by atoms with E-state index in [1.165, 1.54) is 4.88 Å². The quantitative estimate of drug-likeness (QED) is 0.420. The van der Waals surface area contributed by atoms with Gasteiger partial charge in [0.2, 0.25) is 5.91 Å². The summed E-state index contributed by atoms with van der Waals surface area (Å²) >= 11 is 1.74. The highest BCUT2D eigenvalue weighted by Gasteiger charge is 2.47. The number of carbonyl (C=O) groups is 1. The van der Waals surface area contributed by atoms with Crippen LogP contribution in [0, 0.1) is 17.2 Å². The normalized spacial score (nSPS) is 25.7. The van der Waals surface area contributed by atoms with E-state index < -0.39 is 16.1 Å². The molecule has 3 fully saturated rings. The molecule has 7 nitrogen and oxygen atoms in total. The van der Waals surface area contributed by atoms with Crippen LogP contribution in [-0.2, 0) is 10.2 Å². The maximum absolute atomic E-state index is 13.4. The fourth-order valence-electron chi connectivity index (χ4n) is 5.40. The average molecular weight is 543 g/mol. The predicted molar refractivity (Wildman–Crippen MR) is 151 cm³/mol. The zero-order chi connectivity index (χ0) is 26.4. The largest absolute Gasteiger partial charge is 0.368 e. The van der Waals surface area contributed by atoms with E-state index >= 15 is 0 Å². The van der Waals surface area contributed by atoms with Gasteiger partial charge in [-0.2, -0.15) is 15.9 Å². The van der Waals surface area contributed by atoms with Gasteiger partial charge in [0, 0.05) is 46.5 Å². The molecule has 3 N–H and O–H groups in total. The van der Waals surface area contributed by atoms with E-state index in [-0.39, 0.29) is 23.2 Å². The lowest BCUT2D eigenvalue weighted by Crippen LogP contribution is -2.42. The molecule has 2 aromatic rings. The number of carbonyl (C=O) groups excluding carboxylic acids is 1. The lowest BCUT2D eigenvalue weighted by Gasteiger charge is -2.41. The second-order valence-corrected chi connectivity index (χ2v) is 15.4. The molecule has 5 rings (SSSR count). The predicted octanol–water partition coefficient (Wildman–Crippen LogP) is 6.12. The van der Waals surface area contributed by atoms with Gasteiger partial charge >= 0.3 is 0 Å². The number of hydrogen-bond donors (Lipinski definition) is 3. The number of nitriles is 1. The van der Waals surface area contributed by atoms with Gasteiger partial charge in [0.15, 0.2) is 0 Å². The molecule has 3 aliphatic rings. The van der Waals surface area contributed by atoms with Crippen LogP contribution in [0.2, 0.25) is 0 Å². The zero-order valence-electron chi connectivity index (χ0n) is 22.0. The molecule has 37 heavy (non-hydrogen) atoms. The van der Waals surface area contributed by atoms with Crippen molar-refractivity contribution >= 4 is 33.5 Å². The fraction of sp³-hybridized carbons (Fsp3) is 0.607. The Balaban J connectivity index is 1.45. The maximum atomic E-state index is 13.4. The third-order valence-corrected chi connectivity index (χ3v) is 11.2. The van der Waals surface area contributed by atoms with Crippen LogP contribution < -0.4 is 10.2 Å². The molecular weight excluding hydrogens is 504 g/mol. The second kappa shape index (κ2) is 9.88. The maximum Gasteiger partial charge on any atom is 0.224 e. The molecule has 2 atom stereocenters. The van der Waals surface area contributed by atoms with Gasteiger partial charge < -0.3 is 10.2 Å². The first-order chi connectivity index (χ1) is 17.5. The molecule has 2 saturated carbocycles. The summed E-state index contributed by atoms with van der Waals surface area (Å²) in [7, 11) is -2.43. The minimum atomic E-state index is -2.43. The summed E-state index contributed by atoms with van der Waals surface area (Å²) in [4.78, 5) is 21.9. The van der Waals surface area contributed by atoms with Crippen molar-refractivity contribution in [2.24, 2.45) is 5.92 Å². The molecule has 1 aromatic carbocycles. The number of aromatic nitrogens is 1. The fourth-order valence-corrected chi connectivity index (χ4v) is 7.98. The first-order valence-corrected chi connectivity index (χ1v) is 16.0. The van der Waals surface area contributed by atoms with Crippen molar-refractivity contribution < 1.29 is 13.9 Å². The number of anilines is 1. The van der Waals surface area contributed by atoms with Crippen LogP contribution in [0.4, 0.5) is 5.69 Å². The Morgan fingerprint density at radius 1 is 1.16 bits per heavy atom. The molecule has 1 amide bonds. The molecule has 0 radical (unpaired) electrons. The highest BCUT2D eigenvalue weighted by molar-refractivity contribution is 8.24. The van der Waals surface area contributed by atoms with Crippen molar-refractivity contribution in [2.45, 2.75) is 76.2 Å². The van der Waals surface area contributed by atoms with Gasteiger partial charge in [-0.15, -0.1) is 11.3 Å². The summed E-state index contributed by atoms with van der Waals surface area (Å²) in [6.07, 6.45) is 5.41. The molecule has 1 aromatic heterocycles. The van der Waals surface area contributed by atoms with Gasteiger partial charge in [-0.25, -0.2) is 4.98 Å². The van der Waals surface area contributed by atoms with E-state index in [1.807, 2.05) is 0 Å². The van der Waals surface area contributed by atoms with Gasteiger partial charge in [0.25, 0.3) is 0 Å². The minimum absolute atomic E-state index is 0.0202. The molecule has 0 spiro atoms. The van der Waals surface area contributed by atoms with Gasteiger partial charge in [0.1, 0.15) is 5.54 Å². The summed E-state index contributed by atoms with van der Waals surface area (Å²) in [6.45, 7) is 7.82.